The summed E-state index contributed by atoms with van der Waals surface area (Å²) in [5.41, 5.74) is 8.33. The molecule has 0 radical (unpaired) electrons. The second-order valence-corrected chi connectivity index (χ2v) is 5.71. The van der Waals surface area contributed by atoms with Gasteiger partial charge >= 0.3 is 0 Å². The van der Waals surface area contributed by atoms with Crippen LogP contribution in [0.25, 0.3) is 0 Å². The van der Waals surface area contributed by atoms with Crippen molar-refractivity contribution in [2.45, 2.75) is 52.7 Å². The van der Waals surface area contributed by atoms with Gasteiger partial charge in [-0.25, -0.2) is 0 Å². The van der Waals surface area contributed by atoms with Crippen molar-refractivity contribution in [3.8, 4) is 0 Å². The molecule has 2 rings (SSSR count). The number of rotatable bonds is 4. The maximum atomic E-state index is 5.85. The summed E-state index contributed by atoms with van der Waals surface area (Å²) >= 11 is 0. The average molecular weight is 262 g/mol. The number of hydrogen-bond acceptors (Lipinski definition) is 3. The molecule has 3 nitrogen and oxygen atoms in total. The summed E-state index contributed by atoms with van der Waals surface area (Å²) in [4.78, 5) is 0. The van der Waals surface area contributed by atoms with E-state index < -0.39 is 0 Å². The van der Waals surface area contributed by atoms with E-state index in [-0.39, 0.29) is 6.04 Å². The molecule has 1 aliphatic rings. The van der Waals surface area contributed by atoms with E-state index in [4.69, 9.17) is 10.6 Å². The van der Waals surface area contributed by atoms with Crippen LogP contribution in [-0.4, -0.2) is 12.7 Å². The molecule has 3 atom stereocenters. The van der Waals surface area contributed by atoms with Gasteiger partial charge in [-0.15, -0.1) is 0 Å². The van der Waals surface area contributed by atoms with E-state index >= 15 is 0 Å². The topological polar surface area (TPSA) is 47.3 Å². The number of benzene rings is 1. The van der Waals surface area contributed by atoms with Crippen molar-refractivity contribution >= 4 is 0 Å². The molecule has 0 saturated carbocycles. The summed E-state index contributed by atoms with van der Waals surface area (Å²) < 4.78 is 5.82. The fourth-order valence-electron chi connectivity index (χ4n) is 3.23. The second kappa shape index (κ2) is 6.04. The van der Waals surface area contributed by atoms with Gasteiger partial charge in [0.1, 0.15) is 0 Å². The fraction of sp³-hybridized carbons (Fsp3) is 0.625. The molecule has 1 heterocycles. The molecule has 1 aromatic rings. The maximum Gasteiger partial charge on any atom is 0.0620 e. The third kappa shape index (κ3) is 2.83. The molecule has 3 N–H and O–H groups in total. The zero-order valence-electron chi connectivity index (χ0n) is 12.5. The highest BCUT2D eigenvalue weighted by Crippen LogP contribution is 2.36. The largest absolute Gasteiger partial charge is 0.378 e. The van der Waals surface area contributed by atoms with Crippen molar-refractivity contribution in [3.63, 3.8) is 0 Å². The minimum atomic E-state index is 0.187. The molecule has 19 heavy (non-hydrogen) atoms. The molecule has 3 unspecified atom stereocenters. The fourth-order valence-corrected chi connectivity index (χ4v) is 3.23. The van der Waals surface area contributed by atoms with Crippen molar-refractivity contribution < 1.29 is 4.74 Å². The molecule has 0 aliphatic carbocycles. The number of hydrazine groups is 1. The molecule has 3 heteroatoms. The van der Waals surface area contributed by atoms with E-state index in [9.17, 15) is 0 Å². The van der Waals surface area contributed by atoms with Crippen molar-refractivity contribution in [2.24, 2.45) is 11.8 Å². The summed E-state index contributed by atoms with van der Waals surface area (Å²) in [6.07, 6.45) is 2.45. The molecule has 0 amide bonds. The highest BCUT2D eigenvalue weighted by Gasteiger charge is 2.34. The molecule has 1 saturated heterocycles. The summed E-state index contributed by atoms with van der Waals surface area (Å²) in [6.45, 7) is 9.52. The van der Waals surface area contributed by atoms with Crippen LogP contribution in [0.1, 0.15) is 48.1 Å². The molecular formula is C16H26N2O. The van der Waals surface area contributed by atoms with Gasteiger partial charge in [0.05, 0.1) is 12.1 Å². The van der Waals surface area contributed by atoms with Gasteiger partial charge in [0.2, 0.25) is 0 Å². The zero-order valence-corrected chi connectivity index (χ0v) is 12.5. The predicted octanol–water partition coefficient (Wildman–Crippen LogP) is 2.93. The van der Waals surface area contributed by atoms with Gasteiger partial charge < -0.3 is 4.74 Å². The highest BCUT2D eigenvalue weighted by atomic mass is 16.5. The van der Waals surface area contributed by atoms with Gasteiger partial charge in [-0.05, 0) is 55.9 Å². The molecule has 0 bridgehead atoms. The maximum absolute atomic E-state index is 5.85. The van der Waals surface area contributed by atoms with Gasteiger partial charge in [-0.3, -0.25) is 11.3 Å². The van der Waals surface area contributed by atoms with Gasteiger partial charge in [-0.2, -0.15) is 0 Å². The highest BCUT2D eigenvalue weighted by molar-refractivity contribution is 5.38. The first-order valence-corrected chi connectivity index (χ1v) is 7.24. The summed E-state index contributed by atoms with van der Waals surface area (Å²) in [6, 6.07) is 4.72. The Morgan fingerprint density at radius 3 is 2.58 bits per heavy atom. The van der Waals surface area contributed by atoms with Gasteiger partial charge in [0.15, 0.2) is 0 Å². The Kier molecular flexibility index (Phi) is 4.61. The first kappa shape index (κ1) is 14.5. The van der Waals surface area contributed by atoms with Gasteiger partial charge in [-0.1, -0.05) is 19.1 Å². The lowest BCUT2D eigenvalue weighted by molar-refractivity contribution is 0.0773. The smallest absolute Gasteiger partial charge is 0.0620 e. The molecule has 106 valence electrons. The van der Waals surface area contributed by atoms with E-state index in [2.05, 4.69) is 45.3 Å². The van der Waals surface area contributed by atoms with E-state index in [1.165, 1.54) is 22.3 Å². The SMILES string of the molecule is CCC1OCCC1C(NN)c1cc(C)c(C)cc1C. The number of nitrogens with two attached hydrogens (primary N) is 1. The molecule has 1 aromatic carbocycles. The lowest BCUT2D eigenvalue weighted by Gasteiger charge is -2.28. The van der Waals surface area contributed by atoms with Gasteiger partial charge in [0.25, 0.3) is 0 Å². The van der Waals surface area contributed by atoms with Crippen molar-refractivity contribution in [2.75, 3.05) is 6.61 Å². The van der Waals surface area contributed by atoms with Crippen molar-refractivity contribution in [1.29, 1.82) is 0 Å². The normalized spacial score (nSPS) is 24.7. The van der Waals surface area contributed by atoms with Gasteiger partial charge in [0, 0.05) is 12.5 Å². The predicted molar refractivity (Wildman–Crippen MR) is 78.9 cm³/mol. The number of aryl methyl sites for hydroxylation is 3. The van der Waals surface area contributed by atoms with Crippen molar-refractivity contribution in [3.05, 3.63) is 34.4 Å². The van der Waals surface area contributed by atoms with Crippen LogP contribution in [-0.2, 0) is 4.74 Å². The van der Waals surface area contributed by atoms with Crippen LogP contribution in [0, 0.1) is 26.7 Å². The second-order valence-electron chi connectivity index (χ2n) is 5.71. The lowest BCUT2D eigenvalue weighted by atomic mass is 9.84. The molecular weight excluding hydrogens is 236 g/mol. The Hall–Kier alpha value is -0.900. The van der Waals surface area contributed by atoms with Crippen LogP contribution in [0.2, 0.25) is 0 Å². The third-order valence-corrected chi connectivity index (χ3v) is 4.49. The standard InChI is InChI=1S/C16H26N2O/c1-5-15-13(6-7-19-15)16(18-17)14-9-11(3)10(2)8-12(14)4/h8-9,13,15-16,18H,5-7,17H2,1-4H3. The average Bonchev–Trinajstić information content (AvgIpc) is 2.84. The van der Waals surface area contributed by atoms with E-state index in [0.717, 1.165) is 19.4 Å². The third-order valence-electron chi connectivity index (χ3n) is 4.49. The number of hydrogen-bond donors (Lipinski definition) is 2. The first-order chi connectivity index (χ1) is 9.08. The molecule has 0 spiro atoms. The Bertz CT molecular complexity index is 445. The number of nitrogens with one attached hydrogen (secondary N) is 1. The Balaban J connectivity index is 2.34. The molecule has 0 aromatic heterocycles. The first-order valence-electron chi connectivity index (χ1n) is 7.24. The molecule has 1 fully saturated rings. The van der Waals surface area contributed by atoms with E-state index in [1.54, 1.807) is 0 Å². The Morgan fingerprint density at radius 2 is 1.95 bits per heavy atom. The zero-order chi connectivity index (χ0) is 14.0. The van der Waals surface area contributed by atoms with E-state index in [1.807, 2.05) is 0 Å². The van der Waals surface area contributed by atoms with Crippen LogP contribution in [0.15, 0.2) is 12.1 Å². The summed E-state index contributed by atoms with van der Waals surface area (Å²) in [5.74, 6) is 6.32. The van der Waals surface area contributed by atoms with Crippen molar-refractivity contribution in [1.82, 2.24) is 5.43 Å². The van der Waals surface area contributed by atoms with Crippen LogP contribution in [0.4, 0.5) is 0 Å². The molecule has 1 aliphatic heterocycles. The lowest BCUT2D eigenvalue weighted by Crippen LogP contribution is -2.37. The van der Waals surface area contributed by atoms with Crippen LogP contribution in [0.5, 0.6) is 0 Å². The number of ether oxygens (including phenoxy) is 1. The van der Waals surface area contributed by atoms with Crippen LogP contribution >= 0.6 is 0 Å². The van der Waals surface area contributed by atoms with Crippen LogP contribution < -0.4 is 11.3 Å². The van der Waals surface area contributed by atoms with Crippen LogP contribution in [0.3, 0.4) is 0 Å². The van der Waals surface area contributed by atoms with E-state index in [0.29, 0.717) is 12.0 Å². The minimum absolute atomic E-state index is 0.187. The summed E-state index contributed by atoms with van der Waals surface area (Å²) in [5, 5.41) is 0. The Morgan fingerprint density at radius 1 is 1.26 bits per heavy atom. The monoisotopic (exact) mass is 262 g/mol. The minimum Gasteiger partial charge on any atom is -0.378 e. The quantitative estimate of drug-likeness (QED) is 0.648. The Labute approximate surface area is 116 Å². The summed E-state index contributed by atoms with van der Waals surface area (Å²) in [7, 11) is 0.